The maximum atomic E-state index is 12.8. The minimum atomic E-state index is 0.120. The highest BCUT2D eigenvalue weighted by Crippen LogP contribution is 2.34. The fourth-order valence-electron chi connectivity index (χ4n) is 3.48. The molecule has 0 spiro atoms. The van der Waals surface area contributed by atoms with E-state index in [1.807, 2.05) is 53.2 Å². The molecule has 0 radical (unpaired) electrons. The number of rotatable bonds is 4. The Morgan fingerprint density at radius 2 is 1.96 bits per heavy atom. The van der Waals surface area contributed by atoms with E-state index in [9.17, 15) is 4.79 Å². The van der Waals surface area contributed by atoms with Crippen molar-refractivity contribution in [1.29, 1.82) is 0 Å². The number of carbonyl (C=O) groups is 1. The lowest BCUT2D eigenvalue weighted by Crippen LogP contribution is -2.19. The molecule has 138 valence electrons. The monoisotopic (exact) mass is 381 g/mol. The summed E-state index contributed by atoms with van der Waals surface area (Å²) >= 11 is 6.02. The number of fused-ring (bicyclic) bond motifs is 1. The van der Waals surface area contributed by atoms with Crippen LogP contribution in [0.15, 0.2) is 48.5 Å². The maximum absolute atomic E-state index is 12.8. The van der Waals surface area contributed by atoms with Crippen LogP contribution in [0.4, 0.5) is 11.5 Å². The van der Waals surface area contributed by atoms with E-state index < -0.39 is 0 Å². The van der Waals surface area contributed by atoms with Gasteiger partial charge in [0.2, 0.25) is 0 Å². The van der Waals surface area contributed by atoms with Crippen molar-refractivity contribution in [2.75, 3.05) is 12.4 Å². The van der Waals surface area contributed by atoms with Crippen LogP contribution in [0.1, 0.15) is 29.4 Å². The molecule has 0 bridgehead atoms. The van der Waals surface area contributed by atoms with Crippen molar-refractivity contribution >= 4 is 28.9 Å². The minimum absolute atomic E-state index is 0.120. The van der Waals surface area contributed by atoms with Crippen LogP contribution >= 0.6 is 11.6 Å². The number of methoxy groups -OCH3 is 1. The quantitative estimate of drug-likeness (QED) is 0.687. The van der Waals surface area contributed by atoms with Gasteiger partial charge in [-0.1, -0.05) is 24.6 Å². The van der Waals surface area contributed by atoms with Crippen molar-refractivity contribution in [1.82, 2.24) is 9.78 Å². The first-order chi connectivity index (χ1) is 13.0. The van der Waals surface area contributed by atoms with Gasteiger partial charge in [0.15, 0.2) is 11.6 Å². The Morgan fingerprint density at radius 3 is 2.70 bits per heavy atom. The molecule has 0 saturated carbocycles. The average Bonchev–Trinajstić information content (AvgIpc) is 3.01. The highest BCUT2D eigenvalue weighted by atomic mass is 35.5. The number of nitrogens with zero attached hydrogens (tertiary/aromatic N) is 2. The van der Waals surface area contributed by atoms with E-state index in [-0.39, 0.29) is 11.7 Å². The molecule has 1 aliphatic rings. The molecule has 27 heavy (non-hydrogen) atoms. The smallest absolute Gasteiger partial charge is 0.168 e. The summed E-state index contributed by atoms with van der Waals surface area (Å²) in [7, 11) is 1.63. The molecule has 2 aromatic carbocycles. The Bertz CT molecular complexity index is 995. The SMILES string of the molecule is COc1cccc(Nc2nn(-c3ccc(Cl)cc3)c3c2C(=O)CC(C)C3)c1. The number of carbonyl (C=O) groups excluding carboxylic acids is 1. The second-order valence-corrected chi connectivity index (χ2v) is 7.29. The number of benzene rings is 2. The van der Waals surface area contributed by atoms with Gasteiger partial charge in [-0.2, -0.15) is 0 Å². The molecular weight excluding hydrogens is 362 g/mol. The third-order valence-electron chi connectivity index (χ3n) is 4.74. The number of nitrogens with one attached hydrogen (secondary N) is 1. The molecule has 1 N–H and O–H groups in total. The van der Waals surface area contributed by atoms with E-state index in [0.717, 1.165) is 29.2 Å². The molecule has 1 heterocycles. The fraction of sp³-hybridized carbons (Fsp3) is 0.238. The fourth-order valence-corrected chi connectivity index (χ4v) is 3.60. The van der Waals surface area contributed by atoms with Crippen LogP contribution in [0.25, 0.3) is 5.69 Å². The van der Waals surface area contributed by atoms with Crippen LogP contribution in [0, 0.1) is 5.92 Å². The molecular formula is C21H20ClN3O2. The molecule has 6 heteroatoms. The third-order valence-corrected chi connectivity index (χ3v) is 4.99. The van der Waals surface area contributed by atoms with Crippen LogP contribution in [-0.4, -0.2) is 22.7 Å². The van der Waals surface area contributed by atoms with Gasteiger partial charge in [-0.05, 0) is 48.7 Å². The third kappa shape index (κ3) is 3.43. The minimum Gasteiger partial charge on any atom is -0.497 e. The van der Waals surface area contributed by atoms with Gasteiger partial charge in [-0.15, -0.1) is 5.10 Å². The standard InChI is InChI=1S/C21H20ClN3O2/c1-13-10-18-20(19(26)11-13)21(23-15-4-3-5-17(12-15)27-2)24-25(18)16-8-6-14(22)7-9-16/h3-9,12-13H,10-11H2,1-2H3,(H,23,24). The van der Waals surface area contributed by atoms with E-state index in [4.69, 9.17) is 21.4 Å². The van der Waals surface area contributed by atoms with Gasteiger partial charge in [0.1, 0.15) is 5.75 Å². The molecule has 0 fully saturated rings. The zero-order chi connectivity index (χ0) is 19.0. The van der Waals surface area contributed by atoms with E-state index in [2.05, 4.69) is 12.2 Å². The lowest BCUT2D eigenvalue weighted by atomic mass is 9.87. The highest BCUT2D eigenvalue weighted by molar-refractivity contribution is 6.30. The van der Waals surface area contributed by atoms with Crippen LogP contribution < -0.4 is 10.1 Å². The first-order valence-electron chi connectivity index (χ1n) is 8.87. The lowest BCUT2D eigenvalue weighted by Gasteiger charge is -2.19. The Kier molecular flexibility index (Phi) is 4.62. The zero-order valence-electron chi connectivity index (χ0n) is 15.2. The van der Waals surface area contributed by atoms with E-state index in [1.54, 1.807) is 7.11 Å². The number of hydrogen-bond donors (Lipinski definition) is 1. The Labute approximate surface area is 162 Å². The van der Waals surface area contributed by atoms with Crippen molar-refractivity contribution in [3.05, 3.63) is 64.8 Å². The van der Waals surface area contributed by atoms with Crippen LogP contribution in [-0.2, 0) is 6.42 Å². The van der Waals surface area contributed by atoms with Crippen molar-refractivity contribution in [3.63, 3.8) is 0 Å². The van der Waals surface area contributed by atoms with E-state index in [1.165, 1.54) is 0 Å². The summed E-state index contributed by atoms with van der Waals surface area (Å²) in [6, 6.07) is 15.1. The van der Waals surface area contributed by atoms with Crippen LogP contribution in [0.3, 0.4) is 0 Å². The molecule has 1 aliphatic carbocycles. The topological polar surface area (TPSA) is 56.1 Å². The normalized spacial score (nSPS) is 16.1. The summed E-state index contributed by atoms with van der Waals surface area (Å²) in [6.45, 7) is 2.09. The van der Waals surface area contributed by atoms with Gasteiger partial charge >= 0.3 is 0 Å². The summed E-state index contributed by atoms with van der Waals surface area (Å²) < 4.78 is 7.13. The Hall–Kier alpha value is -2.79. The molecule has 0 aliphatic heterocycles. The summed E-state index contributed by atoms with van der Waals surface area (Å²) in [4.78, 5) is 12.8. The number of ketones is 1. The first-order valence-corrected chi connectivity index (χ1v) is 9.25. The molecule has 0 saturated heterocycles. The lowest BCUT2D eigenvalue weighted by molar-refractivity contribution is 0.0953. The molecule has 4 rings (SSSR count). The number of ether oxygens (including phenoxy) is 1. The number of halogens is 1. The summed E-state index contributed by atoms with van der Waals surface area (Å²) in [6.07, 6.45) is 1.34. The summed E-state index contributed by atoms with van der Waals surface area (Å²) in [5.41, 5.74) is 3.32. The molecule has 3 aromatic rings. The van der Waals surface area contributed by atoms with Gasteiger partial charge < -0.3 is 10.1 Å². The first kappa shape index (κ1) is 17.6. The number of Topliss-reactive ketones (excluding diaryl/α,β-unsaturated/α-hetero) is 1. The highest BCUT2D eigenvalue weighted by Gasteiger charge is 2.31. The van der Waals surface area contributed by atoms with Gasteiger partial charge in [0, 0.05) is 23.2 Å². The van der Waals surface area contributed by atoms with Crippen LogP contribution in [0.2, 0.25) is 5.02 Å². The number of aromatic nitrogens is 2. The van der Waals surface area contributed by atoms with Crippen molar-refractivity contribution in [2.45, 2.75) is 19.8 Å². The second kappa shape index (κ2) is 7.08. The molecule has 1 unspecified atom stereocenters. The van der Waals surface area contributed by atoms with Crippen molar-refractivity contribution in [3.8, 4) is 11.4 Å². The summed E-state index contributed by atoms with van der Waals surface area (Å²) in [5.74, 6) is 1.72. The second-order valence-electron chi connectivity index (χ2n) is 6.85. The van der Waals surface area contributed by atoms with Crippen molar-refractivity contribution < 1.29 is 9.53 Å². The van der Waals surface area contributed by atoms with E-state index >= 15 is 0 Å². The number of hydrogen-bond acceptors (Lipinski definition) is 4. The Morgan fingerprint density at radius 1 is 1.19 bits per heavy atom. The van der Waals surface area contributed by atoms with Crippen molar-refractivity contribution in [2.24, 2.45) is 5.92 Å². The van der Waals surface area contributed by atoms with Gasteiger partial charge in [-0.25, -0.2) is 4.68 Å². The largest absolute Gasteiger partial charge is 0.497 e. The summed E-state index contributed by atoms with van der Waals surface area (Å²) in [5, 5.41) is 8.69. The molecule has 1 aromatic heterocycles. The predicted molar refractivity (Wildman–Crippen MR) is 107 cm³/mol. The Balaban J connectivity index is 1.81. The van der Waals surface area contributed by atoms with Gasteiger partial charge in [0.05, 0.1) is 24.1 Å². The van der Waals surface area contributed by atoms with Gasteiger partial charge in [-0.3, -0.25) is 4.79 Å². The van der Waals surface area contributed by atoms with Crippen LogP contribution in [0.5, 0.6) is 5.75 Å². The average molecular weight is 382 g/mol. The maximum Gasteiger partial charge on any atom is 0.168 e. The zero-order valence-corrected chi connectivity index (χ0v) is 16.0. The number of anilines is 2. The van der Waals surface area contributed by atoms with E-state index in [0.29, 0.717) is 22.8 Å². The molecule has 5 nitrogen and oxygen atoms in total. The molecule has 1 atom stereocenters. The predicted octanol–water partition coefficient (Wildman–Crippen LogP) is 5.04. The van der Waals surface area contributed by atoms with Gasteiger partial charge in [0.25, 0.3) is 0 Å². The molecule has 0 amide bonds.